The first-order valence-electron chi connectivity index (χ1n) is 9.31. The Morgan fingerprint density at radius 1 is 1.07 bits per heavy atom. The molecular formula is C21H26N2O3S. The molecular weight excluding hydrogens is 360 g/mol. The van der Waals surface area contributed by atoms with Gasteiger partial charge in [0.2, 0.25) is 10.0 Å². The molecule has 1 saturated heterocycles. The molecule has 5 nitrogen and oxygen atoms in total. The lowest BCUT2D eigenvalue weighted by atomic mass is 10.0. The quantitative estimate of drug-likeness (QED) is 0.769. The van der Waals surface area contributed by atoms with E-state index in [0.29, 0.717) is 24.6 Å². The second-order valence-electron chi connectivity index (χ2n) is 7.20. The van der Waals surface area contributed by atoms with Crippen molar-refractivity contribution in [2.24, 2.45) is 5.92 Å². The van der Waals surface area contributed by atoms with Gasteiger partial charge >= 0.3 is 0 Å². The lowest BCUT2D eigenvalue weighted by molar-refractivity contribution is 0.101. The van der Waals surface area contributed by atoms with Gasteiger partial charge in [-0.05, 0) is 61.6 Å². The van der Waals surface area contributed by atoms with Gasteiger partial charge in [0.05, 0.1) is 11.4 Å². The number of nitrogens with one attached hydrogen (secondary N) is 1. The fraction of sp³-hybridized carbons (Fsp3) is 0.381. The van der Waals surface area contributed by atoms with Crippen LogP contribution in [0.3, 0.4) is 0 Å². The Morgan fingerprint density at radius 2 is 1.70 bits per heavy atom. The van der Waals surface area contributed by atoms with E-state index in [2.05, 4.69) is 12.2 Å². The van der Waals surface area contributed by atoms with E-state index < -0.39 is 10.0 Å². The summed E-state index contributed by atoms with van der Waals surface area (Å²) in [5, 5.41) is 3.14. The molecule has 2 aromatic carbocycles. The summed E-state index contributed by atoms with van der Waals surface area (Å²) in [4.78, 5) is 12.7. The minimum absolute atomic E-state index is 0.0750. The molecule has 0 radical (unpaired) electrons. The Morgan fingerprint density at radius 3 is 2.33 bits per heavy atom. The number of aryl methyl sites for hydroxylation is 1. The van der Waals surface area contributed by atoms with E-state index in [-0.39, 0.29) is 17.2 Å². The van der Waals surface area contributed by atoms with Crippen LogP contribution < -0.4 is 5.32 Å². The van der Waals surface area contributed by atoms with Crippen LogP contribution in [0.15, 0.2) is 53.4 Å². The molecule has 1 N–H and O–H groups in total. The summed E-state index contributed by atoms with van der Waals surface area (Å²) in [6.07, 6.45) is 1.78. The van der Waals surface area contributed by atoms with Crippen LogP contribution >= 0.6 is 0 Å². The Kier molecular flexibility index (Phi) is 5.97. The van der Waals surface area contributed by atoms with E-state index in [9.17, 15) is 13.2 Å². The largest absolute Gasteiger partial charge is 0.377 e. The molecule has 0 spiro atoms. The first kappa shape index (κ1) is 19.6. The second kappa shape index (κ2) is 8.23. The molecule has 0 unspecified atom stereocenters. The number of sulfonamides is 1. The van der Waals surface area contributed by atoms with Gasteiger partial charge in [0.1, 0.15) is 0 Å². The van der Waals surface area contributed by atoms with Crippen molar-refractivity contribution < 1.29 is 13.2 Å². The Bertz CT molecular complexity index is 899. The first-order valence-corrected chi connectivity index (χ1v) is 10.7. The number of carbonyl (C=O) groups excluding carboxylic acids is 1. The topological polar surface area (TPSA) is 66.5 Å². The maximum Gasteiger partial charge on any atom is 0.243 e. The summed E-state index contributed by atoms with van der Waals surface area (Å²) < 4.78 is 27.0. The molecule has 0 aromatic heterocycles. The third kappa shape index (κ3) is 4.57. The predicted molar refractivity (Wildman–Crippen MR) is 108 cm³/mol. The maximum atomic E-state index is 12.8. The summed E-state index contributed by atoms with van der Waals surface area (Å²) in [5.41, 5.74) is 2.49. The van der Waals surface area contributed by atoms with E-state index in [4.69, 9.17) is 0 Å². The normalized spacial score (nSPS) is 16.2. The van der Waals surface area contributed by atoms with Crippen LogP contribution in [0.25, 0.3) is 0 Å². The summed E-state index contributed by atoms with van der Waals surface area (Å²) in [6.45, 7) is 5.42. The Balaban J connectivity index is 1.66. The third-order valence-corrected chi connectivity index (χ3v) is 7.05. The van der Waals surface area contributed by atoms with Gasteiger partial charge < -0.3 is 5.32 Å². The number of anilines is 1. The Hall–Kier alpha value is -2.18. The zero-order chi connectivity index (χ0) is 19.4. The lowest BCUT2D eigenvalue weighted by Crippen LogP contribution is -2.37. The van der Waals surface area contributed by atoms with Crippen molar-refractivity contribution in [2.45, 2.75) is 31.6 Å². The number of hydrogen-bond acceptors (Lipinski definition) is 4. The zero-order valence-electron chi connectivity index (χ0n) is 15.8. The van der Waals surface area contributed by atoms with Crippen molar-refractivity contribution in [1.29, 1.82) is 0 Å². The number of benzene rings is 2. The number of ketones is 1. The van der Waals surface area contributed by atoms with Gasteiger partial charge in [-0.2, -0.15) is 4.31 Å². The Labute approximate surface area is 161 Å². The molecule has 0 bridgehead atoms. The van der Waals surface area contributed by atoms with Crippen molar-refractivity contribution in [1.82, 2.24) is 4.31 Å². The molecule has 0 saturated carbocycles. The van der Waals surface area contributed by atoms with Gasteiger partial charge in [-0.1, -0.05) is 25.1 Å². The van der Waals surface area contributed by atoms with Crippen molar-refractivity contribution in [3.05, 3.63) is 59.7 Å². The molecule has 2 aromatic rings. The van der Waals surface area contributed by atoms with Crippen LogP contribution in [-0.2, 0) is 10.0 Å². The SMILES string of the molecule is Cc1ccccc1NCC(=O)c1ccc(S(=O)(=O)N2CCC(C)CC2)cc1. The van der Waals surface area contributed by atoms with E-state index in [1.165, 1.54) is 12.1 Å². The predicted octanol–water partition coefficient (Wildman–Crippen LogP) is 3.71. The molecule has 0 aliphatic carbocycles. The van der Waals surface area contributed by atoms with Gasteiger partial charge in [0.15, 0.2) is 5.78 Å². The molecule has 1 heterocycles. The molecule has 0 atom stereocenters. The lowest BCUT2D eigenvalue weighted by Gasteiger charge is -2.29. The van der Waals surface area contributed by atoms with E-state index in [1.54, 1.807) is 16.4 Å². The maximum absolute atomic E-state index is 12.8. The van der Waals surface area contributed by atoms with Crippen LogP contribution in [0, 0.1) is 12.8 Å². The number of hydrogen-bond donors (Lipinski definition) is 1. The number of Topliss-reactive ketones (excluding diaryl/α,β-unsaturated/α-hetero) is 1. The molecule has 6 heteroatoms. The van der Waals surface area contributed by atoms with Crippen molar-refractivity contribution in [3.63, 3.8) is 0 Å². The first-order chi connectivity index (χ1) is 12.9. The van der Waals surface area contributed by atoms with E-state index in [1.807, 2.05) is 31.2 Å². The van der Waals surface area contributed by atoms with E-state index in [0.717, 1.165) is 24.1 Å². The van der Waals surface area contributed by atoms with Crippen molar-refractivity contribution in [3.8, 4) is 0 Å². The average Bonchev–Trinajstić information content (AvgIpc) is 2.67. The summed E-state index contributed by atoms with van der Waals surface area (Å²) in [5.74, 6) is 0.492. The van der Waals surface area contributed by atoms with Gasteiger partial charge in [-0.15, -0.1) is 0 Å². The molecule has 0 amide bonds. The van der Waals surface area contributed by atoms with Crippen molar-refractivity contribution >= 4 is 21.5 Å². The highest BCUT2D eigenvalue weighted by atomic mass is 32.2. The van der Waals surface area contributed by atoms with Crippen LogP contribution in [0.5, 0.6) is 0 Å². The van der Waals surface area contributed by atoms with Crippen LogP contribution in [0.1, 0.15) is 35.7 Å². The highest BCUT2D eigenvalue weighted by Crippen LogP contribution is 2.23. The summed E-state index contributed by atoms with van der Waals surface area (Å²) in [6, 6.07) is 14.0. The number of rotatable bonds is 6. The van der Waals surface area contributed by atoms with Crippen molar-refractivity contribution in [2.75, 3.05) is 25.0 Å². The molecule has 1 aliphatic rings. The molecule has 144 valence electrons. The highest BCUT2D eigenvalue weighted by Gasteiger charge is 2.28. The van der Waals surface area contributed by atoms with Gasteiger partial charge in [-0.25, -0.2) is 8.42 Å². The summed E-state index contributed by atoms with van der Waals surface area (Å²) >= 11 is 0. The zero-order valence-corrected chi connectivity index (χ0v) is 16.6. The molecule has 1 fully saturated rings. The standard InChI is InChI=1S/C21H26N2O3S/c1-16-11-13-23(14-12-16)27(25,26)19-9-7-18(8-10-19)21(24)15-22-20-6-4-3-5-17(20)2/h3-10,16,22H,11-15H2,1-2H3. The van der Waals surface area contributed by atoms with Gasteiger partial charge in [0.25, 0.3) is 0 Å². The molecule has 1 aliphatic heterocycles. The monoisotopic (exact) mass is 386 g/mol. The van der Waals surface area contributed by atoms with E-state index >= 15 is 0 Å². The van der Waals surface area contributed by atoms with Crippen LogP contribution in [0.2, 0.25) is 0 Å². The fourth-order valence-electron chi connectivity index (χ4n) is 3.24. The minimum atomic E-state index is -3.48. The molecule has 3 rings (SSSR count). The van der Waals surface area contributed by atoms with Gasteiger partial charge in [0, 0.05) is 24.3 Å². The number of piperidine rings is 1. The average molecular weight is 387 g/mol. The summed E-state index contributed by atoms with van der Waals surface area (Å²) in [7, 11) is -3.48. The number of carbonyl (C=O) groups is 1. The number of nitrogens with zero attached hydrogens (tertiary/aromatic N) is 1. The fourth-order valence-corrected chi connectivity index (χ4v) is 4.71. The third-order valence-electron chi connectivity index (χ3n) is 5.14. The van der Waals surface area contributed by atoms with Crippen LogP contribution in [0.4, 0.5) is 5.69 Å². The van der Waals surface area contributed by atoms with Gasteiger partial charge in [-0.3, -0.25) is 4.79 Å². The smallest absolute Gasteiger partial charge is 0.243 e. The highest BCUT2D eigenvalue weighted by molar-refractivity contribution is 7.89. The van der Waals surface area contributed by atoms with Crippen LogP contribution in [-0.4, -0.2) is 38.1 Å². The minimum Gasteiger partial charge on any atom is -0.377 e. The second-order valence-corrected chi connectivity index (χ2v) is 9.14. The number of para-hydroxylation sites is 1. The molecule has 27 heavy (non-hydrogen) atoms.